The standard InChI is InChI=1S/C16H22N6O2S/c1-12-2-3-13-14(18-12)15(21-8-10-25(23,24)11-9-21)20-16(19-13)22-6-4-17-5-7-22/h2-3,17H,4-11H2,1H3. The van der Waals surface area contributed by atoms with Gasteiger partial charge in [0.15, 0.2) is 15.7 Å². The Morgan fingerprint density at radius 1 is 0.960 bits per heavy atom. The van der Waals surface area contributed by atoms with E-state index in [1.807, 2.05) is 24.0 Å². The van der Waals surface area contributed by atoms with Crippen molar-refractivity contribution in [2.24, 2.45) is 0 Å². The minimum Gasteiger partial charge on any atom is -0.353 e. The summed E-state index contributed by atoms with van der Waals surface area (Å²) in [4.78, 5) is 18.3. The van der Waals surface area contributed by atoms with Crippen LogP contribution in [0.3, 0.4) is 0 Å². The Hall–Kier alpha value is -2.00. The van der Waals surface area contributed by atoms with Gasteiger partial charge in [-0.15, -0.1) is 0 Å². The fraction of sp³-hybridized carbons (Fsp3) is 0.562. The van der Waals surface area contributed by atoms with Gasteiger partial charge in [-0.05, 0) is 19.1 Å². The maximum Gasteiger partial charge on any atom is 0.228 e. The van der Waals surface area contributed by atoms with E-state index in [1.54, 1.807) is 0 Å². The average molecular weight is 362 g/mol. The average Bonchev–Trinajstić information content (AvgIpc) is 2.62. The van der Waals surface area contributed by atoms with Crippen LogP contribution in [-0.4, -0.2) is 74.1 Å². The van der Waals surface area contributed by atoms with Gasteiger partial charge in [-0.2, -0.15) is 4.98 Å². The number of hydrogen-bond donors (Lipinski definition) is 1. The van der Waals surface area contributed by atoms with Crippen molar-refractivity contribution >= 4 is 32.6 Å². The molecule has 0 saturated carbocycles. The van der Waals surface area contributed by atoms with Crippen LogP contribution in [0.1, 0.15) is 5.69 Å². The molecule has 1 N–H and O–H groups in total. The monoisotopic (exact) mass is 362 g/mol. The molecule has 0 radical (unpaired) electrons. The number of rotatable bonds is 2. The second-order valence-corrected chi connectivity index (χ2v) is 8.85. The summed E-state index contributed by atoms with van der Waals surface area (Å²) < 4.78 is 23.5. The number of aryl methyl sites for hydroxylation is 1. The van der Waals surface area contributed by atoms with Crippen molar-refractivity contribution in [3.05, 3.63) is 17.8 Å². The predicted octanol–water partition coefficient (Wildman–Crippen LogP) is -0.0224. The van der Waals surface area contributed by atoms with Gasteiger partial charge in [-0.25, -0.2) is 18.4 Å². The molecule has 2 aromatic heterocycles. The third-order valence-electron chi connectivity index (χ3n) is 4.70. The number of piperazine rings is 1. The summed E-state index contributed by atoms with van der Waals surface area (Å²) in [5.41, 5.74) is 2.45. The van der Waals surface area contributed by atoms with Crippen molar-refractivity contribution in [1.29, 1.82) is 0 Å². The number of nitrogens with zero attached hydrogens (tertiary/aromatic N) is 5. The van der Waals surface area contributed by atoms with Gasteiger partial charge in [-0.3, -0.25) is 0 Å². The minimum absolute atomic E-state index is 0.160. The topological polar surface area (TPSA) is 91.3 Å². The first-order valence-electron chi connectivity index (χ1n) is 8.58. The van der Waals surface area contributed by atoms with Crippen LogP contribution < -0.4 is 15.1 Å². The van der Waals surface area contributed by atoms with Crippen molar-refractivity contribution in [1.82, 2.24) is 20.3 Å². The van der Waals surface area contributed by atoms with Crippen LogP contribution >= 0.6 is 0 Å². The lowest BCUT2D eigenvalue weighted by Crippen LogP contribution is -2.45. The first-order chi connectivity index (χ1) is 12.0. The number of sulfone groups is 1. The molecule has 4 rings (SSSR count). The number of aromatic nitrogens is 3. The zero-order valence-electron chi connectivity index (χ0n) is 14.3. The minimum atomic E-state index is -2.94. The lowest BCUT2D eigenvalue weighted by Gasteiger charge is -2.31. The summed E-state index contributed by atoms with van der Waals surface area (Å²) in [6, 6.07) is 3.91. The van der Waals surface area contributed by atoms with E-state index in [1.165, 1.54) is 0 Å². The van der Waals surface area contributed by atoms with Crippen LogP contribution in [0.5, 0.6) is 0 Å². The van der Waals surface area contributed by atoms with E-state index in [0.29, 0.717) is 19.0 Å². The van der Waals surface area contributed by atoms with Crippen molar-refractivity contribution in [3.8, 4) is 0 Å². The molecule has 25 heavy (non-hydrogen) atoms. The Kier molecular flexibility index (Phi) is 4.20. The van der Waals surface area contributed by atoms with Gasteiger partial charge in [0.2, 0.25) is 5.95 Å². The SMILES string of the molecule is Cc1ccc2nc(N3CCNCC3)nc(N3CCS(=O)(=O)CC3)c2n1. The molecule has 0 atom stereocenters. The summed E-state index contributed by atoms with van der Waals surface area (Å²) in [5.74, 6) is 1.76. The molecule has 2 aliphatic rings. The third kappa shape index (κ3) is 3.38. The normalized spacial score (nSPS) is 20.8. The van der Waals surface area contributed by atoms with Crippen LogP contribution in [-0.2, 0) is 9.84 Å². The molecule has 0 bridgehead atoms. The summed E-state index contributed by atoms with van der Waals surface area (Å²) in [5, 5.41) is 3.33. The summed E-state index contributed by atoms with van der Waals surface area (Å²) >= 11 is 0. The Morgan fingerprint density at radius 3 is 2.40 bits per heavy atom. The van der Waals surface area contributed by atoms with Gasteiger partial charge in [-0.1, -0.05) is 0 Å². The number of anilines is 2. The second kappa shape index (κ2) is 6.38. The van der Waals surface area contributed by atoms with E-state index in [0.717, 1.165) is 48.7 Å². The lowest BCUT2D eigenvalue weighted by atomic mass is 10.3. The summed E-state index contributed by atoms with van der Waals surface area (Å²) in [6.07, 6.45) is 0. The molecule has 8 nitrogen and oxygen atoms in total. The molecule has 4 heterocycles. The number of fused-ring (bicyclic) bond motifs is 1. The molecule has 0 amide bonds. The van der Waals surface area contributed by atoms with Crippen molar-refractivity contribution in [3.63, 3.8) is 0 Å². The fourth-order valence-electron chi connectivity index (χ4n) is 3.24. The van der Waals surface area contributed by atoms with E-state index in [9.17, 15) is 8.42 Å². The quantitative estimate of drug-likeness (QED) is 0.797. The second-order valence-electron chi connectivity index (χ2n) is 6.54. The highest BCUT2D eigenvalue weighted by Gasteiger charge is 2.26. The maximum atomic E-state index is 11.8. The Bertz CT molecular complexity index is 881. The molecule has 0 aromatic carbocycles. The zero-order valence-corrected chi connectivity index (χ0v) is 15.1. The van der Waals surface area contributed by atoms with Crippen molar-refractivity contribution < 1.29 is 8.42 Å². The largest absolute Gasteiger partial charge is 0.353 e. The molecule has 2 fully saturated rings. The van der Waals surface area contributed by atoms with Gasteiger partial charge in [0.1, 0.15) is 5.52 Å². The zero-order chi connectivity index (χ0) is 17.4. The van der Waals surface area contributed by atoms with Crippen LogP contribution in [0, 0.1) is 6.92 Å². The van der Waals surface area contributed by atoms with Crippen LogP contribution in [0.15, 0.2) is 12.1 Å². The Labute approximate surface area is 147 Å². The van der Waals surface area contributed by atoms with Crippen LogP contribution in [0.2, 0.25) is 0 Å². The highest BCUT2D eigenvalue weighted by atomic mass is 32.2. The summed E-state index contributed by atoms with van der Waals surface area (Å²) in [6.45, 7) is 6.37. The molecule has 0 unspecified atom stereocenters. The van der Waals surface area contributed by atoms with Crippen LogP contribution in [0.4, 0.5) is 11.8 Å². The van der Waals surface area contributed by atoms with Crippen LogP contribution in [0.25, 0.3) is 11.0 Å². The van der Waals surface area contributed by atoms with E-state index in [2.05, 4.69) is 15.2 Å². The fourth-order valence-corrected chi connectivity index (χ4v) is 4.44. The van der Waals surface area contributed by atoms with Crippen molar-refractivity contribution in [2.45, 2.75) is 6.92 Å². The number of hydrogen-bond acceptors (Lipinski definition) is 8. The maximum absolute atomic E-state index is 11.8. The van der Waals surface area contributed by atoms with Gasteiger partial charge in [0.25, 0.3) is 0 Å². The van der Waals surface area contributed by atoms with Gasteiger partial charge in [0, 0.05) is 45.0 Å². The van der Waals surface area contributed by atoms with E-state index >= 15 is 0 Å². The molecule has 134 valence electrons. The molecule has 0 spiro atoms. The van der Waals surface area contributed by atoms with E-state index in [4.69, 9.17) is 9.97 Å². The molecule has 2 saturated heterocycles. The molecular formula is C16H22N6O2S. The van der Waals surface area contributed by atoms with E-state index in [-0.39, 0.29) is 11.5 Å². The first kappa shape index (κ1) is 16.5. The van der Waals surface area contributed by atoms with Gasteiger partial charge in [0.05, 0.1) is 17.0 Å². The molecule has 2 aromatic rings. The van der Waals surface area contributed by atoms with Gasteiger partial charge >= 0.3 is 0 Å². The number of pyridine rings is 1. The molecule has 2 aliphatic heterocycles. The predicted molar refractivity (Wildman–Crippen MR) is 98.0 cm³/mol. The highest BCUT2D eigenvalue weighted by Crippen LogP contribution is 2.27. The Balaban J connectivity index is 1.78. The smallest absolute Gasteiger partial charge is 0.228 e. The summed E-state index contributed by atoms with van der Waals surface area (Å²) in [7, 11) is -2.94. The first-order valence-corrected chi connectivity index (χ1v) is 10.4. The highest BCUT2D eigenvalue weighted by molar-refractivity contribution is 7.91. The van der Waals surface area contributed by atoms with E-state index < -0.39 is 9.84 Å². The third-order valence-corrected chi connectivity index (χ3v) is 6.30. The van der Waals surface area contributed by atoms with Crippen molar-refractivity contribution in [2.75, 3.05) is 60.6 Å². The lowest BCUT2D eigenvalue weighted by molar-refractivity contribution is 0.579. The number of nitrogens with one attached hydrogen (secondary N) is 1. The molecular weight excluding hydrogens is 340 g/mol. The molecule has 9 heteroatoms. The van der Waals surface area contributed by atoms with Gasteiger partial charge < -0.3 is 15.1 Å². The molecule has 0 aliphatic carbocycles. The Morgan fingerprint density at radius 2 is 1.68 bits per heavy atom.